The lowest BCUT2D eigenvalue weighted by atomic mass is 9.91. The van der Waals surface area contributed by atoms with Crippen molar-refractivity contribution in [2.75, 3.05) is 5.32 Å². The Morgan fingerprint density at radius 1 is 1.00 bits per heavy atom. The third-order valence-corrected chi connectivity index (χ3v) is 5.05. The van der Waals surface area contributed by atoms with E-state index in [-0.39, 0.29) is 39.8 Å². The first kappa shape index (κ1) is 19.0. The number of nitro groups is 2. The smallest absolute Gasteiger partial charge is 0.288 e. The fourth-order valence-electron chi connectivity index (χ4n) is 3.67. The van der Waals surface area contributed by atoms with Crippen LogP contribution in [-0.4, -0.2) is 40.3 Å². The summed E-state index contributed by atoms with van der Waals surface area (Å²) in [6.07, 6.45) is 0. The van der Waals surface area contributed by atoms with Crippen LogP contribution in [0, 0.1) is 20.2 Å². The Labute approximate surface area is 176 Å². The van der Waals surface area contributed by atoms with Gasteiger partial charge in [-0.3, -0.25) is 25.0 Å². The van der Waals surface area contributed by atoms with Crippen molar-refractivity contribution in [3.8, 4) is 11.3 Å². The first-order valence-corrected chi connectivity index (χ1v) is 9.11. The van der Waals surface area contributed by atoms with Crippen LogP contribution in [0.25, 0.3) is 11.3 Å². The number of para-hydroxylation sites is 1. The molecule has 14 nitrogen and oxygen atoms in total. The molecule has 0 unspecified atom stereocenters. The first-order chi connectivity index (χ1) is 15.5. The van der Waals surface area contributed by atoms with E-state index < -0.39 is 21.4 Å². The minimum Gasteiger partial charge on any atom is -0.318 e. The molecule has 2 N–H and O–H groups in total. The van der Waals surface area contributed by atoms with Crippen LogP contribution in [-0.2, 0) is 0 Å². The van der Waals surface area contributed by atoms with Crippen LogP contribution < -0.4 is 10.9 Å². The van der Waals surface area contributed by atoms with Crippen LogP contribution in [0.5, 0.6) is 0 Å². The number of nitrogens with zero attached hydrogens (tertiary/aromatic N) is 7. The van der Waals surface area contributed by atoms with Crippen molar-refractivity contribution in [1.29, 1.82) is 0 Å². The van der Waals surface area contributed by atoms with Gasteiger partial charge in [0, 0.05) is 29.3 Å². The molecule has 0 spiro atoms. The Morgan fingerprint density at radius 2 is 1.75 bits per heavy atom. The van der Waals surface area contributed by atoms with Crippen LogP contribution in [0.1, 0.15) is 17.2 Å². The summed E-state index contributed by atoms with van der Waals surface area (Å²) in [6.45, 7) is 0. The van der Waals surface area contributed by atoms with Gasteiger partial charge in [-0.15, -0.1) is 0 Å². The van der Waals surface area contributed by atoms with Gasteiger partial charge in [0.1, 0.15) is 11.7 Å². The summed E-state index contributed by atoms with van der Waals surface area (Å²) in [6, 6.07) is 10.6. The molecule has 1 atom stereocenters. The molecule has 0 radical (unpaired) electrons. The van der Waals surface area contributed by atoms with Crippen LogP contribution >= 0.6 is 0 Å². The number of hydrogen-bond donors (Lipinski definition) is 2. The second-order valence-corrected chi connectivity index (χ2v) is 6.78. The predicted octanol–water partition coefficient (Wildman–Crippen LogP) is 1.93. The zero-order valence-corrected chi connectivity index (χ0v) is 15.9. The lowest BCUT2D eigenvalue weighted by Gasteiger charge is -2.27. The zero-order valence-electron chi connectivity index (χ0n) is 15.9. The second kappa shape index (κ2) is 7.05. The molecule has 0 amide bonds. The Bertz CT molecular complexity index is 1440. The normalized spacial score (nSPS) is 14.2. The van der Waals surface area contributed by atoms with Gasteiger partial charge < -0.3 is 5.32 Å². The molecule has 32 heavy (non-hydrogen) atoms. The van der Waals surface area contributed by atoms with Crippen molar-refractivity contribution < 1.29 is 9.85 Å². The van der Waals surface area contributed by atoms with Gasteiger partial charge >= 0.3 is 0 Å². The molecule has 2 aromatic carbocycles. The van der Waals surface area contributed by atoms with Crippen molar-refractivity contribution in [2.45, 2.75) is 6.04 Å². The maximum absolute atomic E-state index is 12.6. The molecule has 0 fully saturated rings. The van der Waals surface area contributed by atoms with Gasteiger partial charge in [-0.05, 0) is 28.6 Å². The maximum atomic E-state index is 12.6. The molecule has 14 heteroatoms. The number of aromatic amines is 1. The quantitative estimate of drug-likeness (QED) is 0.313. The number of benzene rings is 2. The molecule has 0 bridgehead atoms. The molecule has 3 heterocycles. The zero-order chi connectivity index (χ0) is 22.4. The van der Waals surface area contributed by atoms with Crippen molar-refractivity contribution in [3.63, 3.8) is 0 Å². The number of aromatic nitrogens is 6. The van der Waals surface area contributed by atoms with Crippen LogP contribution in [0.3, 0.4) is 0 Å². The monoisotopic (exact) mass is 433 g/mol. The number of hydrogen-bond acceptors (Lipinski definition) is 10. The SMILES string of the molecule is O=c1[nH]nc(-c2ccc([N+](=O)[O-])cc2)c2c1Nc1nnnn1[C@H]2c1ccccc1[N+](=O)[O-]. The van der Waals surface area contributed by atoms with Gasteiger partial charge in [-0.2, -0.15) is 9.78 Å². The van der Waals surface area contributed by atoms with Crippen molar-refractivity contribution >= 4 is 23.0 Å². The van der Waals surface area contributed by atoms with E-state index in [1.54, 1.807) is 12.1 Å². The number of anilines is 2. The van der Waals surface area contributed by atoms with Crippen LogP contribution in [0.4, 0.5) is 23.0 Å². The van der Waals surface area contributed by atoms with Crippen LogP contribution in [0.2, 0.25) is 0 Å². The average Bonchev–Trinajstić information content (AvgIpc) is 3.26. The summed E-state index contributed by atoms with van der Waals surface area (Å²) in [4.78, 5) is 34.3. The topological polar surface area (TPSA) is 188 Å². The number of tetrazole rings is 1. The van der Waals surface area contributed by atoms with E-state index in [0.29, 0.717) is 5.56 Å². The van der Waals surface area contributed by atoms with Gasteiger partial charge in [0.15, 0.2) is 0 Å². The molecule has 158 valence electrons. The fraction of sp³-hybridized carbons (Fsp3) is 0.0556. The van der Waals surface area contributed by atoms with Crippen molar-refractivity contribution in [2.24, 2.45) is 0 Å². The highest BCUT2D eigenvalue weighted by atomic mass is 16.6. The van der Waals surface area contributed by atoms with E-state index >= 15 is 0 Å². The number of fused-ring (bicyclic) bond motifs is 2. The maximum Gasteiger partial charge on any atom is 0.288 e. The molecule has 0 saturated heterocycles. The third-order valence-electron chi connectivity index (χ3n) is 5.05. The molecular weight excluding hydrogens is 422 g/mol. The van der Waals surface area contributed by atoms with Crippen molar-refractivity contribution in [1.82, 2.24) is 30.4 Å². The summed E-state index contributed by atoms with van der Waals surface area (Å²) >= 11 is 0. The Hall–Kier alpha value is -5.01. The van der Waals surface area contributed by atoms with E-state index in [9.17, 15) is 25.0 Å². The summed E-state index contributed by atoms with van der Waals surface area (Å²) in [5.74, 6) is 0.118. The molecular formula is C18H11N9O5. The molecule has 1 aliphatic rings. The first-order valence-electron chi connectivity index (χ1n) is 9.11. The van der Waals surface area contributed by atoms with E-state index in [0.717, 1.165) is 0 Å². The van der Waals surface area contributed by atoms with E-state index in [1.807, 2.05) is 0 Å². The molecule has 5 rings (SSSR count). The molecule has 1 aliphatic heterocycles. The number of rotatable bonds is 4. The van der Waals surface area contributed by atoms with E-state index in [4.69, 9.17) is 0 Å². The molecule has 2 aromatic heterocycles. The molecule has 0 aliphatic carbocycles. The summed E-state index contributed by atoms with van der Waals surface area (Å²) < 4.78 is 1.32. The Balaban J connectivity index is 1.81. The summed E-state index contributed by atoms with van der Waals surface area (Å²) in [5.41, 5.74) is 0.407. The highest BCUT2D eigenvalue weighted by Crippen LogP contribution is 2.43. The number of H-pyrrole nitrogens is 1. The third kappa shape index (κ3) is 2.85. The number of nitro benzene ring substituents is 2. The van der Waals surface area contributed by atoms with Gasteiger partial charge in [0.05, 0.1) is 21.1 Å². The Kier molecular flexibility index (Phi) is 4.18. The fourth-order valence-corrected chi connectivity index (χ4v) is 3.67. The van der Waals surface area contributed by atoms with Gasteiger partial charge in [0.25, 0.3) is 16.9 Å². The largest absolute Gasteiger partial charge is 0.318 e. The van der Waals surface area contributed by atoms with Crippen molar-refractivity contribution in [3.05, 3.63) is 90.2 Å². The number of non-ortho nitro benzene ring substituents is 1. The molecule has 4 aromatic rings. The highest BCUT2D eigenvalue weighted by Gasteiger charge is 2.37. The molecule has 0 saturated carbocycles. The van der Waals surface area contributed by atoms with E-state index in [2.05, 4.69) is 31.0 Å². The minimum absolute atomic E-state index is 0.0683. The average molecular weight is 433 g/mol. The lowest BCUT2D eigenvalue weighted by Crippen LogP contribution is -2.29. The Morgan fingerprint density at radius 3 is 2.47 bits per heavy atom. The second-order valence-electron chi connectivity index (χ2n) is 6.78. The summed E-state index contributed by atoms with van der Waals surface area (Å²) in [7, 11) is 0. The summed E-state index contributed by atoms with van der Waals surface area (Å²) in [5, 5.41) is 43.5. The van der Waals surface area contributed by atoms with Gasteiger partial charge in [0.2, 0.25) is 5.95 Å². The van der Waals surface area contributed by atoms with Crippen LogP contribution in [0.15, 0.2) is 53.3 Å². The van der Waals surface area contributed by atoms with Gasteiger partial charge in [-0.1, -0.05) is 17.2 Å². The minimum atomic E-state index is -0.960. The standard InChI is InChI=1S/C18H11N9O5/c28-17-15-13(14(20-21-17)9-5-7-10(8-6-9)26(29)30)16(25-18(19-15)22-23-24-25)11-3-1-2-4-12(11)27(31)32/h1-8,16H,(H,21,28)(H,19,22,24)/t16-/m0/s1. The van der Waals surface area contributed by atoms with Gasteiger partial charge in [-0.25, -0.2) is 5.10 Å². The number of nitrogens with one attached hydrogen (secondary N) is 2. The highest BCUT2D eigenvalue weighted by molar-refractivity contribution is 5.76. The lowest BCUT2D eigenvalue weighted by molar-refractivity contribution is -0.385. The predicted molar refractivity (Wildman–Crippen MR) is 108 cm³/mol. The van der Waals surface area contributed by atoms with E-state index in [1.165, 1.54) is 41.1 Å².